The van der Waals surface area contributed by atoms with E-state index < -0.39 is 5.41 Å². The number of hydrogen-bond acceptors (Lipinski definition) is 3. The largest absolute Gasteiger partial charge is 0.342 e. The van der Waals surface area contributed by atoms with Crippen molar-refractivity contribution >= 4 is 18.2 Å². The summed E-state index contributed by atoms with van der Waals surface area (Å²) in [7, 11) is 0. The average molecular weight is 307 g/mol. The van der Waals surface area contributed by atoms with Crippen LogP contribution in [0.5, 0.6) is 0 Å². The van der Waals surface area contributed by atoms with Gasteiger partial charge < -0.3 is 14.7 Å². The van der Waals surface area contributed by atoms with Crippen molar-refractivity contribution in [1.82, 2.24) is 14.7 Å². The molecule has 3 aliphatic rings. The number of nitrogens with zero attached hydrogens (tertiary/aromatic N) is 3. The Morgan fingerprint density at radius 1 is 1.00 bits per heavy atom. The molecule has 6 heteroatoms. The molecule has 2 heterocycles. The average Bonchev–Trinajstić information content (AvgIpc) is 3.35. The third-order valence-corrected chi connectivity index (χ3v) is 5.26. The van der Waals surface area contributed by atoms with Crippen LogP contribution in [0.15, 0.2) is 0 Å². The molecule has 6 nitrogen and oxygen atoms in total. The summed E-state index contributed by atoms with van der Waals surface area (Å²) in [6, 6.07) is 0. The van der Waals surface area contributed by atoms with Crippen LogP contribution in [0.2, 0.25) is 0 Å². The summed E-state index contributed by atoms with van der Waals surface area (Å²) in [5.41, 5.74) is -0.777. The van der Waals surface area contributed by atoms with Crippen LogP contribution in [0.4, 0.5) is 0 Å². The van der Waals surface area contributed by atoms with Crippen molar-refractivity contribution in [2.24, 2.45) is 11.3 Å². The lowest BCUT2D eigenvalue weighted by molar-refractivity contribution is -0.152. The summed E-state index contributed by atoms with van der Waals surface area (Å²) in [6.07, 6.45) is 4.40. The van der Waals surface area contributed by atoms with Crippen LogP contribution in [0.25, 0.3) is 0 Å². The van der Waals surface area contributed by atoms with Crippen LogP contribution < -0.4 is 0 Å². The van der Waals surface area contributed by atoms with Crippen LogP contribution in [0.1, 0.15) is 32.6 Å². The first-order valence-corrected chi connectivity index (χ1v) is 8.35. The summed E-state index contributed by atoms with van der Waals surface area (Å²) in [5, 5.41) is 0. The fourth-order valence-electron chi connectivity index (χ4n) is 3.65. The van der Waals surface area contributed by atoms with Crippen LogP contribution in [-0.2, 0) is 14.4 Å². The quantitative estimate of drug-likeness (QED) is 0.557. The highest BCUT2D eigenvalue weighted by molar-refractivity contribution is 6.07. The Labute approximate surface area is 131 Å². The minimum Gasteiger partial charge on any atom is -0.342 e. The number of rotatable bonds is 3. The number of carbonyl (C=O) groups excluding carboxylic acids is 3. The van der Waals surface area contributed by atoms with E-state index in [1.165, 1.54) is 6.42 Å². The normalized spacial score (nSPS) is 27.5. The van der Waals surface area contributed by atoms with Crippen molar-refractivity contribution in [3.8, 4) is 0 Å². The zero-order chi connectivity index (χ0) is 15.7. The molecule has 0 aromatic carbocycles. The van der Waals surface area contributed by atoms with E-state index >= 15 is 0 Å². The lowest BCUT2D eigenvalue weighted by atomic mass is 9.96. The molecule has 3 amide bonds. The topological polar surface area (TPSA) is 60.9 Å². The highest BCUT2D eigenvalue weighted by Crippen LogP contribution is 2.49. The molecule has 3 fully saturated rings. The lowest BCUT2D eigenvalue weighted by Gasteiger charge is -2.37. The van der Waals surface area contributed by atoms with E-state index in [4.69, 9.17) is 0 Å². The van der Waals surface area contributed by atoms with Gasteiger partial charge in [0.2, 0.25) is 18.2 Å². The number of carbonyl (C=O) groups is 3. The Hall–Kier alpha value is -1.59. The minimum atomic E-state index is -0.777. The number of piperazine rings is 1. The van der Waals surface area contributed by atoms with Crippen LogP contribution in [0, 0.1) is 11.3 Å². The highest BCUT2D eigenvalue weighted by Gasteiger charge is 2.59. The fourth-order valence-corrected chi connectivity index (χ4v) is 3.65. The number of piperidine rings is 1. The summed E-state index contributed by atoms with van der Waals surface area (Å²) in [5.74, 6) is 0.558. The number of likely N-dealkylation sites (tertiary alicyclic amines) is 1. The van der Waals surface area contributed by atoms with E-state index in [2.05, 4.69) is 6.92 Å². The van der Waals surface area contributed by atoms with E-state index in [0.717, 1.165) is 25.9 Å². The second-order valence-corrected chi connectivity index (χ2v) is 7.01. The monoisotopic (exact) mass is 307 g/mol. The molecule has 22 heavy (non-hydrogen) atoms. The molecular weight excluding hydrogens is 282 g/mol. The maximum atomic E-state index is 12.8. The Balaban J connectivity index is 1.64. The molecule has 2 aliphatic heterocycles. The zero-order valence-corrected chi connectivity index (χ0v) is 13.3. The molecule has 0 N–H and O–H groups in total. The molecule has 1 aliphatic carbocycles. The molecule has 1 saturated carbocycles. The van der Waals surface area contributed by atoms with Gasteiger partial charge in [0.25, 0.3) is 0 Å². The van der Waals surface area contributed by atoms with Gasteiger partial charge in [-0.2, -0.15) is 0 Å². The summed E-state index contributed by atoms with van der Waals surface area (Å²) in [4.78, 5) is 41.8. The first kappa shape index (κ1) is 15.3. The summed E-state index contributed by atoms with van der Waals surface area (Å²) < 4.78 is 0. The molecular formula is C16H25N3O3. The Bertz CT molecular complexity index is 467. The van der Waals surface area contributed by atoms with E-state index in [-0.39, 0.29) is 11.8 Å². The van der Waals surface area contributed by atoms with Gasteiger partial charge in [-0.15, -0.1) is 0 Å². The van der Waals surface area contributed by atoms with Gasteiger partial charge in [0.05, 0.1) is 0 Å². The Morgan fingerprint density at radius 3 is 2.18 bits per heavy atom. The highest BCUT2D eigenvalue weighted by atomic mass is 16.2. The summed E-state index contributed by atoms with van der Waals surface area (Å²) >= 11 is 0. The van der Waals surface area contributed by atoms with Crippen molar-refractivity contribution in [2.75, 3.05) is 39.3 Å². The van der Waals surface area contributed by atoms with E-state index in [0.29, 0.717) is 44.9 Å². The molecule has 0 aromatic rings. The second-order valence-electron chi connectivity index (χ2n) is 7.01. The lowest BCUT2D eigenvalue weighted by Crippen LogP contribution is -2.54. The van der Waals surface area contributed by atoms with E-state index in [1.54, 1.807) is 9.80 Å². The predicted octanol–water partition coefficient (Wildman–Crippen LogP) is 0.326. The van der Waals surface area contributed by atoms with Gasteiger partial charge in [0.15, 0.2) is 0 Å². The SMILES string of the molecule is CC1CCCN(C(=O)C2(C(=O)N3CCN(C=O)CC3)CC2)C1. The van der Waals surface area contributed by atoms with Crippen LogP contribution in [-0.4, -0.2) is 72.2 Å². The van der Waals surface area contributed by atoms with Gasteiger partial charge in [0, 0.05) is 39.3 Å². The molecule has 122 valence electrons. The maximum absolute atomic E-state index is 12.8. The third kappa shape index (κ3) is 2.71. The van der Waals surface area contributed by atoms with E-state index in [1.807, 2.05) is 4.90 Å². The summed E-state index contributed by atoms with van der Waals surface area (Å²) in [6.45, 7) is 5.97. The smallest absolute Gasteiger partial charge is 0.238 e. The molecule has 0 aromatic heterocycles. The van der Waals surface area contributed by atoms with Crippen molar-refractivity contribution in [3.63, 3.8) is 0 Å². The molecule has 0 bridgehead atoms. The van der Waals surface area contributed by atoms with Gasteiger partial charge in [-0.05, 0) is 31.6 Å². The first-order valence-electron chi connectivity index (χ1n) is 8.35. The van der Waals surface area contributed by atoms with Crippen molar-refractivity contribution in [1.29, 1.82) is 0 Å². The van der Waals surface area contributed by atoms with Crippen LogP contribution >= 0.6 is 0 Å². The van der Waals surface area contributed by atoms with E-state index in [9.17, 15) is 14.4 Å². The van der Waals surface area contributed by atoms with Gasteiger partial charge >= 0.3 is 0 Å². The molecule has 1 unspecified atom stereocenters. The maximum Gasteiger partial charge on any atom is 0.238 e. The second kappa shape index (κ2) is 5.89. The number of amides is 3. The number of hydrogen-bond donors (Lipinski definition) is 0. The van der Waals surface area contributed by atoms with Gasteiger partial charge in [0.1, 0.15) is 5.41 Å². The van der Waals surface area contributed by atoms with Crippen LogP contribution in [0.3, 0.4) is 0 Å². The van der Waals surface area contributed by atoms with Crippen molar-refractivity contribution in [2.45, 2.75) is 32.6 Å². The minimum absolute atomic E-state index is 0.0127. The van der Waals surface area contributed by atoms with Gasteiger partial charge in [-0.1, -0.05) is 6.92 Å². The van der Waals surface area contributed by atoms with Gasteiger partial charge in [-0.25, -0.2) is 0 Å². The predicted molar refractivity (Wildman–Crippen MR) is 80.9 cm³/mol. The van der Waals surface area contributed by atoms with Gasteiger partial charge in [-0.3, -0.25) is 14.4 Å². The zero-order valence-electron chi connectivity index (χ0n) is 13.3. The molecule has 3 rings (SSSR count). The van der Waals surface area contributed by atoms with Crippen molar-refractivity contribution in [3.05, 3.63) is 0 Å². The van der Waals surface area contributed by atoms with Crippen molar-refractivity contribution < 1.29 is 14.4 Å². The Morgan fingerprint density at radius 2 is 1.64 bits per heavy atom. The molecule has 2 saturated heterocycles. The third-order valence-electron chi connectivity index (χ3n) is 5.26. The standard InChI is InChI=1S/C16H25N3O3/c1-13-3-2-6-19(11-13)15(22)16(4-5-16)14(21)18-9-7-17(12-20)8-10-18/h12-13H,2-11H2,1H3. The Kier molecular flexibility index (Phi) is 4.10. The first-order chi connectivity index (χ1) is 10.6. The fraction of sp³-hybridized carbons (Fsp3) is 0.812. The molecule has 0 radical (unpaired) electrons. The molecule has 1 atom stereocenters. The molecule has 0 spiro atoms.